The van der Waals surface area contributed by atoms with Gasteiger partial charge in [-0.1, -0.05) is 0 Å². The maximum atomic E-state index is 10.4. The molecule has 0 aromatic rings. The van der Waals surface area contributed by atoms with Crippen molar-refractivity contribution in [3.8, 4) is 0 Å². The van der Waals surface area contributed by atoms with Gasteiger partial charge < -0.3 is 4.74 Å². The molecule has 1 aliphatic heterocycles. The van der Waals surface area contributed by atoms with Crippen LogP contribution in [0.1, 0.15) is 0 Å². The Labute approximate surface area is 52.3 Å². The second kappa shape index (κ2) is 2.81. The third kappa shape index (κ3) is 1.90. The molecule has 0 fully saturated rings. The first-order valence-corrected chi connectivity index (χ1v) is 2.45. The highest BCUT2D eigenvalue weighted by Gasteiger charge is 1.88. The van der Waals surface area contributed by atoms with Crippen molar-refractivity contribution in [3.63, 3.8) is 0 Å². The summed E-state index contributed by atoms with van der Waals surface area (Å²) in [7, 11) is 0. The molecule has 0 saturated carbocycles. The second-order valence-electron chi connectivity index (χ2n) is 1.38. The first-order chi connectivity index (χ1) is 4.39. The average Bonchev–Trinajstić information content (AvgIpc) is 1.79. The number of ether oxygens (including phenoxy) is 1. The fourth-order valence-electron chi connectivity index (χ4n) is 0.383. The molecule has 1 aliphatic rings. The number of rotatable bonds is 0. The maximum absolute atomic E-state index is 10.4. The average molecular weight is 123 g/mol. The standard InChI is InChI=1S/C6H5NO2/c8-6-2-5-9-4-1-3-7-6/h1-5H. The number of allylic oxidation sites excluding steroid dienone is 1. The molecule has 0 aliphatic carbocycles. The van der Waals surface area contributed by atoms with Gasteiger partial charge in [-0.3, -0.25) is 4.79 Å². The highest BCUT2D eigenvalue weighted by molar-refractivity contribution is 5.95. The van der Waals surface area contributed by atoms with Crippen molar-refractivity contribution in [2.24, 2.45) is 4.99 Å². The van der Waals surface area contributed by atoms with Gasteiger partial charge >= 0.3 is 0 Å². The lowest BCUT2D eigenvalue weighted by Gasteiger charge is -1.88. The molecule has 46 valence electrons. The van der Waals surface area contributed by atoms with Crippen LogP contribution in [0.25, 0.3) is 0 Å². The monoisotopic (exact) mass is 123 g/mol. The molecule has 9 heavy (non-hydrogen) atoms. The Morgan fingerprint density at radius 2 is 2.33 bits per heavy atom. The van der Waals surface area contributed by atoms with E-state index in [9.17, 15) is 4.79 Å². The number of amides is 1. The molecule has 0 aromatic carbocycles. The summed E-state index contributed by atoms with van der Waals surface area (Å²) < 4.78 is 4.67. The molecule has 0 N–H and O–H groups in total. The highest BCUT2D eigenvalue weighted by atomic mass is 16.5. The molecule has 0 aromatic heterocycles. The number of hydrogen-bond acceptors (Lipinski definition) is 2. The van der Waals surface area contributed by atoms with Gasteiger partial charge in [0, 0.05) is 12.3 Å². The zero-order valence-corrected chi connectivity index (χ0v) is 4.65. The van der Waals surface area contributed by atoms with E-state index >= 15 is 0 Å². The lowest BCUT2D eigenvalue weighted by molar-refractivity contribution is -0.113. The number of carbonyl (C=O) groups excluding carboxylic acids is 1. The van der Waals surface area contributed by atoms with Gasteiger partial charge in [0.15, 0.2) is 0 Å². The quantitative estimate of drug-likeness (QED) is 0.474. The summed E-state index contributed by atoms with van der Waals surface area (Å²) in [6.07, 6.45) is 6.90. The van der Waals surface area contributed by atoms with E-state index in [1.54, 1.807) is 6.08 Å². The summed E-state index contributed by atoms with van der Waals surface area (Å²) in [6, 6.07) is 0. The molecule has 0 unspecified atom stereocenters. The molecule has 3 heteroatoms. The summed E-state index contributed by atoms with van der Waals surface area (Å²) in [5.41, 5.74) is 0. The van der Waals surface area contributed by atoms with E-state index in [-0.39, 0.29) is 5.91 Å². The third-order valence-electron chi connectivity index (χ3n) is 0.734. The van der Waals surface area contributed by atoms with Gasteiger partial charge in [-0.2, -0.15) is 0 Å². The maximum Gasteiger partial charge on any atom is 0.272 e. The third-order valence-corrected chi connectivity index (χ3v) is 0.734. The van der Waals surface area contributed by atoms with Crippen LogP contribution in [-0.2, 0) is 9.53 Å². The van der Waals surface area contributed by atoms with E-state index in [4.69, 9.17) is 0 Å². The lowest BCUT2D eigenvalue weighted by atomic mass is 10.5. The van der Waals surface area contributed by atoms with Crippen LogP contribution in [0.15, 0.2) is 29.7 Å². The van der Waals surface area contributed by atoms with Gasteiger partial charge in [-0.15, -0.1) is 0 Å². The van der Waals surface area contributed by atoms with E-state index in [1.807, 2.05) is 0 Å². The summed E-state index contributed by atoms with van der Waals surface area (Å²) in [5.74, 6) is -0.306. The van der Waals surface area contributed by atoms with Crippen molar-refractivity contribution < 1.29 is 9.53 Å². The fraction of sp³-hybridized carbons (Fsp3) is 0. The zero-order valence-electron chi connectivity index (χ0n) is 4.65. The molecule has 1 amide bonds. The fourth-order valence-corrected chi connectivity index (χ4v) is 0.383. The van der Waals surface area contributed by atoms with Crippen molar-refractivity contribution in [1.82, 2.24) is 0 Å². The Hall–Kier alpha value is -1.38. The minimum atomic E-state index is -0.306. The Morgan fingerprint density at radius 1 is 1.44 bits per heavy atom. The molecule has 0 atom stereocenters. The topological polar surface area (TPSA) is 38.7 Å². The number of hydrogen-bond donors (Lipinski definition) is 0. The molecule has 1 heterocycles. The van der Waals surface area contributed by atoms with Crippen LogP contribution in [0.2, 0.25) is 0 Å². The van der Waals surface area contributed by atoms with E-state index < -0.39 is 0 Å². The molecule has 0 spiro atoms. The summed E-state index contributed by atoms with van der Waals surface area (Å²) >= 11 is 0. The summed E-state index contributed by atoms with van der Waals surface area (Å²) in [5, 5.41) is 0. The minimum absolute atomic E-state index is 0.306. The number of carbonyl (C=O) groups is 1. The SMILES string of the molecule is O=C1C=COC=CC=N1. The smallest absolute Gasteiger partial charge is 0.272 e. The van der Waals surface area contributed by atoms with Gasteiger partial charge in [0.25, 0.3) is 5.91 Å². The number of aliphatic imine (C=N–C) groups is 1. The van der Waals surface area contributed by atoms with Crippen LogP contribution in [-0.4, -0.2) is 12.1 Å². The van der Waals surface area contributed by atoms with Crippen molar-refractivity contribution >= 4 is 12.1 Å². The first kappa shape index (κ1) is 5.75. The minimum Gasteiger partial charge on any atom is -0.472 e. The van der Waals surface area contributed by atoms with Crippen LogP contribution >= 0.6 is 0 Å². The van der Waals surface area contributed by atoms with Crippen LogP contribution in [0.3, 0.4) is 0 Å². The van der Waals surface area contributed by atoms with Crippen LogP contribution in [0.5, 0.6) is 0 Å². The van der Waals surface area contributed by atoms with E-state index in [1.165, 1.54) is 24.8 Å². The number of nitrogens with zero attached hydrogens (tertiary/aromatic N) is 1. The molecule has 0 saturated heterocycles. The van der Waals surface area contributed by atoms with Crippen molar-refractivity contribution in [1.29, 1.82) is 0 Å². The van der Waals surface area contributed by atoms with Crippen LogP contribution in [0.4, 0.5) is 0 Å². The molecule has 1 rings (SSSR count). The van der Waals surface area contributed by atoms with Crippen LogP contribution in [0, 0.1) is 0 Å². The Morgan fingerprint density at radius 3 is 3.22 bits per heavy atom. The highest BCUT2D eigenvalue weighted by Crippen LogP contribution is 1.86. The van der Waals surface area contributed by atoms with Gasteiger partial charge in [-0.25, -0.2) is 4.99 Å². The predicted molar refractivity (Wildman–Crippen MR) is 32.9 cm³/mol. The van der Waals surface area contributed by atoms with Gasteiger partial charge in [0.05, 0.1) is 12.5 Å². The van der Waals surface area contributed by atoms with E-state index in [0.29, 0.717) is 0 Å². The predicted octanol–water partition coefficient (Wildman–Crippen LogP) is 0.641. The van der Waals surface area contributed by atoms with E-state index in [0.717, 1.165) is 0 Å². The Bertz CT molecular complexity index is 191. The van der Waals surface area contributed by atoms with Gasteiger partial charge in [0.1, 0.15) is 0 Å². The normalized spacial score (nSPS) is 16.7. The van der Waals surface area contributed by atoms with E-state index in [2.05, 4.69) is 9.73 Å². The van der Waals surface area contributed by atoms with Crippen LogP contribution < -0.4 is 0 Å². The molecular weight excluding hydrogens is 118 g/mol. The van der Waals surface area contributed by atoms with Crippen molar-refractivity contribution in [2.75, 3.05) is 0 Å². The van der Waals surface area contributed by atoms with Gasteiger partial charge in [0.2, 0.25) is 0 Å². The lowest BCUT2D eigenvalue weighted by Crippen LogP contribution is -1.88. The zero-order chi connectivity index (χ0) is 6.53. The van der Waals surface area contributed by atoms with Crippen molar-refractivity contribution in [3.05, 3.63) is 24.7 Å². The first-order valence-electron chi connectivity index (χ1n) is 2.45. The largest absolute Gasteiger partial charge is 0.472 e. The Kier molecular flexibility index (Phi) is 1.80. The van der Waals surface area contributed by atoms with Crippen molar-refractivity contribution in [2.45, 2.75) is 0 Å². The second-order valence-corrected chi connectivity index (χ2v) is 1.38. The van der Waals surface area contributed by atoms with Gasteiger partial charge in [-0.05, 0) is 6.08 Å². The Balaban J connectivity index is 2.72. The molecule has 0 radical (unpaired) electrons. The summed E-state index contributed by atoms with van der Waals surface area (Å²) in [6.45, 7) is 0. The molecular formula is C6H5NO2. The summed E-state index contributed by atoms with van der Waals surface area (Å²) in [4.78, 5) is 13.9. The molecule has 0 bridgehead atoms. The molecule has 3 nitrogen and oxygen atoms in total.